The highest BCUT2D eigenvalue weighted by molar-refractivity contribution is 6.30. The van der Waals surface area contributed by atoms with Gasteiger partial charge in [-0.25, -0.2) is 4.39 Å². The third kappa shape index (κ3) is 3.59. The van der Waals surface area contributed by atoms with Gasteiger partial charge >= 0.3 is 0 Å². The molecule has 106 valence electrons. The molecule has 2 N–H and O–H groups in total. The van der Waals surface area contributed by atoms with Gasteiger partial charge in [0.05, 0.1) is 0 Å². The molecule has 0 aliphatic carbocycles. The monoisotopic (exact) mass is 291 g/mol. The van der Waals surface area contributed by atoms with Crippen molar-refractivity contribution in [2.24, 2.45) is 5.73 Å². The van der Waals surface area contributed by atoms with E-state index in [-0.39, 0.29) is 11.9 Å². The van der Waals surface area contributed by atoms with Crippen LogP contribution < -0.4 is 5.73 Å². The van der Waals surface area contributed by atoms with Crippen LogP contribution in [0.3, 0.4) is 0 Å². The van der Waals surface area contributed by atoms with Gasteiger partial charge in [0.15, 0.2) is 0 Å². The molecule has 0 heterocycles. The average molecular weight is 292 g/mol. The summed E-state index contributed by atoms with van der Waals surface area (Å²) in [6, 6.07) is 12.6. The molecule has 0 spiro atoms. The molecule has 20 heavy (non-hydrogen) atoms. The van der Waals surface area contributed by atoms with E-state index in [0.717, 1.165) is 5.56 Å². The first-order valence-electron chi connectivity index (χ1n) is 6.76. The zero-order valence-corrected chi connectivity index (χ0v) is 12.5. The summed E-state index contributed by atoms with van der Waals surface area (Å²) in [6.07, 6.45) is 0.608. The Morgan fingerprint density at radius 1 is 1.10 bits per heavy atom. The summed E-state index contributed by atoms with van der Waals surface area (Å²) in [5.74, 6) is 0.162. The maximum atomic E-state index is 13.8. The van der Waals surface area contributed by atoms with Gasteiger partial charge in [0.25, 0.3) is 0 Å². The zero-order valence-electron chi connectivity index (χ0n) is 11.7. The number of nitrogens with two attached hydrogens (primary N) is 1. The summed E-state index contributed by atoms with van der Waals surface area (Å²) in [4.78, 5) is 0. The highest BCUT2D eigenvalue weighted by atomic mass is 35.5. The van der Waals surface area contributed by atoms with Crippen molar-refractivity contribution in [3.05, 3.63) is 70.0 Å². The van der Waals surface area contributed by atoms with Gasteiger partial charge in [0.2, 0.25) is 0 Å². The van der Waals surface area contributed by atoms with Crippen LogP contribution in [-0.2, 0) is 6.42 Å². The van der Waals surface area contributed by atoms with Crippen LogP contribution in [0, 0.1) is 5.82 Å². The first kappa shape index (κ1) is 15.0. The predicted molar refractivity (Wildman–Crippen MR) is 82.6 cm³/mol. The lowest BCUT2D eigenvalue weighted by atomic mass is 9.96. The fourth-order valence-corrected chi connectivity index (χ4v) is 2.36. The number of benzene rings is 2. The number of hydrogen-bond acceptors (Lipinski definition) is 1. The molecule has 1 nitrogen and oxygen atoms in total. The van der Waals surface area contributed by atoms with Gasteiger partial charge in [-0.3, -0.25) is 0 Å². The Morgan fingerprint density at radius 2 is 1.75 bits per heavy atom. The van der Waals surface area contributed by atoms with E-state index in [2.05, 4.69) is 38.1 Å². The SMILES string of the molecule is CC(C)c1ccc(CC(N)c2ccc(Cl)cc2F)cc1. The lowest BCUT2D eigenvalue weighted by Crippen LogP contribution is -2.15. The first-order chi connectivity index (χ1) is 9.47. The highest BCUT2D eigenvalue weighted by Gasteiger charge is 2.12. The smallest absolute Gasteiger partial charge is 0.129 e. The number of hydrogen-bond donors (Lipinski definition) is 1. The van der Waals surface area contributed by atoms with Gasteiger partial charge in [-0.1, -0.05) is 55.8 Å². The molecule has 0 radical (unpaired) electrons. The van der Waals surface area contributed by atoms with Crippen molar-refractivity contribution in [2.75, 3.05) is 0 Å². The van der Waals surface area contributed by atoms with E-state index in [9.17, 15) is 4.39 Å². The molecule has 0 saturated carbocycles. The number of halogens is 2. The van der Waals surface area contributed by atoms with Crippen molar-refractivity contribution in [1.29, 1.82) is 0 Å². The van der Waals surface area contributed by atoms with Crippen molar-refractivity contribution < 1.29 is 4.39 Å². The van der Waals surface area contributed by atoms with Crippen LogP contribution in [0.15, 0.2) is 42.5 Å². The second-order valence-corrected chi connectivity index (χ2v) is 5.81. The van der Waals surface area contributed by atoms with E-state index in [4.69, 9.17) is 17.3 Å². The average Bonchev–Trinajstić information content (AvgIpc) is 2.39. The molecule has 0 aromatic heterocycles. The third-order valence-electron chi connectivity index (χ3n) is 3.46. The molecule has 1 atom stereocenters. The quantitative estimate of drug-likeness (QED) is 0.856. The summed E-state index contributed by atoms with van der Waals surface area (Å²) < 4.78 is 13.8. The standard InChI is InChI=1S/C17H19ClFN/c1-11(2)13-5-3-12(4-6-13)9-17(20)15-8-7-14(18)10-16(15)19/h3-8,10-11,17H,9,20H2,1-2H3. The predicted octanol–water partition coefficient (Wildman–Crippen LogP) is 4.85. The van der Waals surface area contributed by atoms with Gasteiger partial charge < -0.3 is 5.73 Å². The van der Waals surface area contributed by atoms with Gasteiger partial charge in [-0.15, -0.1) is 0 Å². The minimum absolute atomic E-state index is 0.344. The van der Waals surface area contributed by atoms with Gasteiger partial charge in [0.1, 0.15) is 5.82 Å². The van der Waals surface area contributed by atoms with E-state index < -0.39 is 0 Å². The fourth-order valence-electron chi connectivity index (χ4n) is 2.20. The summed E-state index contributed by atoms with van der Waals surface area (Å²) in [7, 11) is 0. The Kier molecular flexibility index (Phi) is 4.79. The second-order valence-electron chi connectivity index (χ2n) is 5.37. The summed E-state index contributed by atoms with van der Waals surface area (Å²) in [5, 5.41) is 0.389. The van der Waals surface area contributed by atoms with Crippen molar-refractivity contribution >= 4 is 11.6 Å². The largest absolute Gasteiger partial charge is 0.324 e. The minimum Gasteiger partial charge on any atom is -0.324 e. The van der Waals surface area contributed by atoms with Gasteiger partial charge in [-0.2, -0.15) is 0 Å². The van der Waals surface area contributed by atoms with Crippen LogP contribution in [0.25, 0.3) is 0 Å². The summed E-state index contributed by atoms with van der Waals surface area (Å²) in [5.41, 5.74) is 8.99. The molecule has 0 amide bonds. The lowest BCUT2D eigenvalue weighted by molar-refractivity contribution is 0.580. The van der Waals surface area contributed by atoms with Gasteiger partial charge in [-0.05, 0) is 35.6 Å². The first-order valence-corrected chi connectivity index (χ1v) is 7.14. The Labute approximate surface area is 124 Å². The number of rotatable bonds is 4. The van der Waals surface area contributed by atoms with Crippen molar-refractivity contribution in [3.8, 4) is 0 Å². The lowest BCUT2D eigenvalue weighted by Gasteiger charge is -2.14. The Balaban J connectivity index is 2.12. The molecule has 2 aromatic carbocycles. The topological polar surface area (TPSA) is 26.0 Å². The molecule has 3 heteroatoms. The molecule has 0 aliphatic heterocycles. The van der Waals surface area contributed by atoms with Crippen LogP contribution in [0.4, 0.5) is 4.39 Å². The van der Waals surface area contributed by atoms with Crippen LogP contribution >= 0.6 is 11.6 Å². The zero-order chi connectivity index (χ0) is 14.7. The third-order valence-corrected chi connectivity index (χ3v) is 3.70. The van der Waals surface area contributed by atoms with E-state index >= 15 is 0 Å². The molecular formula is C17H19ClFN. The van der Waals surface area contributed by atoms with E-state index in [1.165, 1.54) is 11.6 Å². The van der Waals surface area contributed by atoms with Crippen LogP contribution in [0.2, 0.25) is 5.02 Å². The molecule has 0 fully saturated rings. The summed E-state index contributed by atoms with van der Waals surface area (Å²) >= 11 is 5.75. The highest BCUT2D eigenvalue weighted by Crippen LogP contribution is 2.23. The Morgan fingerprint density at radius 3 is 2.30 bits per heavy atom. The van der Waals surface area contributed by atoms with Crippen molar-refractivity contribution in [3.63, 3.8) is 0 Å². The maximum Gasteiger partial charge on any atom is 0.129 e. The van der Waals surface area contributed by atoms with E-state index in [1.807, 2.05) is 0 Å². The molecule has 1 unspecified atom stereocenters. The molecule has 2 rings (SSSR count). The maximum absolute atomic E-state index is 13.8. The Bertz CT molecular complexity index is 578. The Hall–Kier alpha value is -1.38. The molecular weight excluding hydrogens is 273 g/mol. The molecule has 0 bridgehead atoms. The minimum atomic E-state index is -0.364. The van der Waals surface area contributed by atoms with Crippen molar-refractivity contribution in [1.82, 2.24) is 0 Å². The molecule has 2 aromatic rings. The normalized spacial score (nSPS) is 12.7. The van der Waals surface area contributed by atoms with Crippen molar-refractivity contribution in [2.45, 2.75) is 32.2 Å². The second kappa shape index (κ2) is 6.38. The fraction of sp³-hybridized carbons (Fsp3) is 0.294. The van der Waals surface area contributed by atoms with Crippen LogP contribution in [0.5, 0.6) is 0 Å². The van der Waals surface area contributed by atoms with E-state index in [1.54, 1.807) is 12.1 Å². The summed E-state index contributed by atoms with van der Waals surface area (Å²) in [6.45, 7) is 4.31. The van der Waals surface area contributed by atoms with Crippen LogP contribution in [-0.4, -0.2) is 0 Å². The van der Waals surface area contributed by atoms with Crippen LogP contribution in [0.1, 0.15) is 42.5 Å². The molecule has 0 aliphatic rings. The van der Waals surface area contributed by atoms with E-state index in [0.29, 0.717) is 22.9 Å². The van der Waals surface area contributed by atoms with Gasteiger partial charge in [0, 0.05) is 16.6 Å². The molecule has 0 saturated heterocycles.